The monoisotopic (exact) mass is 375 g/mol. The lowest BCUT2D eigenvalue weighted by atomic mass is 10.0. The van der Waals surface area contributed by atoms with Gasteiger partial charge in [-0.25, -0.2) is 0 Å². The molecule has 2 aromatic rings. The Hall–Kier alpha value is -2.11. The molecule has 0 saturated carbocycles. The molecule has 1 amide bonds. The Bertz CT molecular complexity index is 696. The van der Waals surface area contributed by atoms with Crippen molar-refractivity contribution in [2.24, 2.45) is 0 Å². The molecule has 1 atom stereocenters. The number of piperazine rings is 1. The van der Waals surface area contributed by atoms with Crippen molar-refractivity contribution in [3.05, 3.63) is 59.9 Å². The Morgan fingerprint density at radius 3 is 3.00 bits per heavy atom. The number of benzene rings is 1. The summed E-state index contributed by atoms with van der Waals surface area (Å²) in [6.07, 6.45) is 4.83. The fraction of sp³-hybridized carbons (Fsp3) is 0.400. The summed E-state index contributed by atoms with van der Waals surface area (Å²) in [5, 5.41) is 3.37. The lowest BCUT2D eigenvalue weighted by Gasteiger charge is -2.36. The third-order valence-corrected chi connectivity index (χ3v) is 4.43. The minimum absolute atomic E-state index is 0. The first-order valence-corrected chi connectivity index (χ1v) is 8.83. The fourth-order valence-corrected chi connectivity index (χ4v) is 3.14. The molecule has 1 saturated heterocycles. The van der Waals surface area contributed by atoms with Gasteiger partial charge in [-0.2, -0.15) is 0 Å². The van der Waals surface area contributed by atoms with E-state index in [1.165, 1.54) is 5.56 Å². The minimum atomic E-state index is 0. The van der Waals surface area contributed by atoms with Crippen LogP contribution in [0.5, 0.6) is 5.75 Å². The minimum Gasteiger partial charge on any atom is -0.494 e. The van der Waals surface area contributed by atoms with Crippen molar-refractivity contribution in [3.8, 4) is 5.75 Å². The van der Waals surface area contributed by atoms with Gasteiger partial charge in [-0.3, -0.25) is 9.78 Å². The molecule has 1 fully saturated rings. The molecule has 0 spiro atoms. The lowest BCUT2D eigenvalue weighted by molar-refractivity contribution is -0.134. The molecular formula is C20H26ClN3O2. The summed E-state index contributed by atoms with van der Waals surface area (Å²) >= 11 is 0. The number of nitrogens with one attached hydrogen (secondary N) is 1. The zero-order chi connectivity index (χ0) is 17.5. The van der Waals surface area contributed by atoms with Crippen molar-refractivity contribution in [2.75, 3.05) is 26.2 Å². The normalized spacial score (nSPS) is 16.7. The molecule has 1 aliphatic rings. The van der Waals surface area contributed by atoms with E-state index < -0.39 is 0 Å². The van der Waals surface area contributed by atoms with E-state index >= 15 is 0 Å². The predicted molar refractivity (Wildman–Crippen MR) is 105 cm³/mol. The van der Waals surface area contributed by atoms with Crippen molar-refractivity contribution in [1.82, 2.24) is 15.2 Å². The van der Waals surface area contributed by atoms with Gasteiger partial charge in [0.05, 0.1) is 12.6 Å². The van der Waals surface area contributed by atoms with Gasteiger partial charge in [0.2, 0.25) is 5.91 Å². The number of amides is 1. The standard InChI is InChI=1S/C20H25N3O2.ClH/c1-16-5-2-7-18(13-16)25-12-4-8-20(24)23-11-10-22-15-19(23)17-6-3-9-21-14-17;/h2-3,5-7,9,13-14,19,22H,4,8,10-12,15H2,1H3;1H. The van der Waals surface area contributed by atoms with Gasteiger partial charge in [-0.15, -0.1) is 12.4 Å². The molecule has 1 aliphatic heterocycles. The van der Waals surface area contributed by atoms with E-state index in [0.717, 1.165) is 37.4 Å². The smallest absolute Gasteiger partial charge is 0.223 e. The summed E-state index contributed by atoms with van der Waals surface area (Å²) in [4.78, 5) is 18.8. The van der Waals surface area contributed by atoms with Gasteiger partial charge in [-0.1, -0.05) is 18.2 Å². The van der Waals surface area contributed by atoms with Gasteiger partial charge in [0.1, 0.15) is 5.75 Å². The van der Waals surface area contributed by atoms with Crippen LogP contribution in [-0.2, 0) is 4.79 Å². The average Bonchev–Trinajstić information content (AvgIpc) is 2.66. The number of aryl methyl sites for hydroxylation is 1. The number of aromatic nitrogens is 1. The van der Waals surface area contributed by atoms with E-state index in [1.54, 1.807) is 6.20 Å². The van der Waals surface area contributed by atoms with Gasteiger partial charge >= 0.3 is 0 Å². The summed E-state index contributed by atoms with van der Waals surface area (Å²) in [5.74, 6) is 1.05. The molecule has 1 aromatic heterocycles. The van der Waals surface area contributed by atoms with Crippen LogP contribution in [0.2, 0.25) is 0 Å². The Labute approximate surface area is 161 Å². The number of rotatable bonds is 6. The van der Waals surface area contributed by atoms with Crippen LogP contribution in [0.15, 0.2) is 48.8 Å². The van der Waals surface area contributed by atoms with E-state index in [0.29, 0.717) is 13.0 Å². The maximum Gasteiger partial charge on any atom is 0.223 e. The molecule has 0 radical (unpaired) electrons. The first-order valence-electron chi connectivity index (χ1n) is 8.83. The van der Waals surface area contributed by atoms with Crippen molar-refractivity contribution in [3.63, 3.8) is 0 Å². The van der Waals surface area contributed by atoms with Crippen LogP contribution in [0, 0.1) is 6.92 Å². The molecule has 0 aliphatic carbocycles. The number of pyridine rings is 1. The summed E-state index contributed by atoms with van der Waals surface area (Å²) in [6, 6.07) is 12.0. The van der Waals surface area contributed by atoms with Crippen LogP contribution in [0.3, 0.4) is 0 Å². The summed E-state index contributed by atoms with van der Waals surface area (Å²) in [5.41, 5.74) is 2.26. The van der Waals surface area contributed by atoms with Crippen LogP contribution in [0.1, 0.15) is 30.0 Å². The molecule has 3 rings (SSSR count). The third kappa shape index (κ3) is 5.44. The molecule has 140 valence electrons. The second-order valence-electron chi connectivity index (χ2n) is 6.36. The first kappa shape index (κ1) is 20.2. The van der Waals surface area contributed by atoms with Crippen molar-refractivity contribution in [1.29, 1.82) is 0 Å². The highest BCUT2D eigenvalue weighted by molar-refractivity contribution is 5.85. The Morgan fingerprint density at radius 2 is 2.23 bits per heavy atom. The molecular weight excluding hydrogens is 350 g/mol. The summed E-state index contributed by atoms with van der Waals surface area (Å²) < 4.78 is 5.74. The maximum absolute atomic E-state index is 12.7. The van der Waals surface area contributed by atoms with Gasteiger partial charge in [0, 0.05) is 38.4 Å². The largest absolute Gasteiger partial charge is 0.494 e. The maximum atomic E-state index is 12.7. The molecule has 1 unspecified atom stereocenters. The number of carbonyl (C=O) groups excluding carboxylic acids is 1. The van der Waals surface area contributed by atoms with Gasteiger partial charge in [0.15, 0.2) is 0 Å². The molecule has 26 heavy (non-hydrogen) atoms. The zero-order valence-electron chi connectivity index (χ0n) is 15.1. The highest BCUT2D eigenvalue weighted by atomic mass is 35.5. The first-order chi connectivity index (χ1) is 12.2. The van der Waals surface area contributed by atoms with Crippen LogP contribution < -0.4 is 10.1 Å². The number of nitrogens with zero attached hydrogens (tertiary/aromatic N) is 2. The van der Waals surface area contributed by atoms with Crippen LogP contribution in [-0.4, -0.2) is 42.0 Å². The zero-order valence-corrected chi connectivity index (χ0v) is 15.9. The van der Waals surface area contributed by atoms with Crippen LogP contribution >= 0.6 is 12.4 Å². The Morgan fingerprint density at radius 1 is 1.35 bits per heavy atom. The molecule has 2 heterocycles. The quantitative estimate of drug-likeness (QED) is 0.788. The van der Waals surface area contributed by atoms with E-state index in [1.807, 2.05) is 54.4 Å². The van der Waals surface area contributed by atoms with Crippen molar-refractivity contribution in [2.45, 2.75) is 25.8 Å². The van der Waals surface area contributed by atoms with Crippen LogP contribution in [0.25, 0.3) is 0 Å². The highest BCUT2D eigenvalue weighted by Crippen LogP contribution is 2.22. The van der Waals surface area contributed by atoms with E-state index in [2.05, 4.69) is 10.3 Å². The number of halogens is 1. The van der Waals surface area contributed by atoms with E-state index in [9.17, 15) is 4.79 Å². The van der Waals surface area contributed by atoms with Crippen LogP contribution in [0.4, 0.5) is 0 Å². The Balaban J connectivity index is 0.00000243. The fourth-order valence-electron chi connectivity index (χ4n) is 3.14. The number of hydrogen-bond acceptors (Lipinski definition) is 4. The molecule has 1 aromatic carbocycles. The number of hydrogen-bond donors (Lipinski definition) is 1. The molecule has 5 nitrogen and oxygen atoms in total. The summed E-state index contributed by atoms with van der Waals surface area (Å²) in [6.45, 7) is 4.94. The van der Waals surface area contributed by atoms with Gasteiger partial charge in [0.25, 0.3) is 0 Å². The average molecular weight is 376 g/mol. The van der Waals surface area contributed by atoms with Gasteiger partial charge < -0.3 is 15.0 Å². The number of carbonyl (C=O) groups is 1. The molecule has 0 bridgehead atoms. The third-order valence-electron chi connectivity index (χ3n) is 4.43. The lowest BCUT2D eigenvalue weighted by Crippen LogP contribution is -2.48. The molecule has 1 N–H and O–H groups in total. The highest BCUT2D eigenvalue weighted by Gasteiger charge is 2.27. The van der Waals surface area contributed by atoms with Crippen molar-refractivity contribution >= 4 is 18.3 Å². The molecule has 6 heteroatoms. The van der Waals surface area contributed by atoms with Crippen molar-refractivity contribution < 1.29 is 9.53 Å². The summed E-state index contributed by atoms with van der Waals surface area (Å²) in [7, 11) is 0. The second kappa shape index (κ2) is 10.1. The predicted octanol–water partition coefficient (Wildman–Crippen LogP) is 3.14. The second-order valence-corrected chi connectivity index (χ2v) is 6.36. The topological polar surface area (TPSA) is 54.5 Å². The SMILES string of the molecule is Cc1cccc(OCCCC(=O)N2CCNCC2c2cccnc2)c1.Cl. The van der Waals surface area contributed by atoms with E-state index in [-0.39, 0.29) is 24.4 Å². The Kier molecular flexibility index (Phi) is 7.88. The number of ether oxygens (including phenoxy) is 1. The van der Waals surface area contributed by atoms with Gasteiger partial charge in [-0.05, 0) is 42.7 Å². The van der Waals surface area contributed by atoms with E-state index in [4.69, 9.17) is 4.74 Å².